The number of hydrogen-bond donors (Lipinski definition) is 0. The molecule has 144 valence electrons. The summed E-state index contributed by atoms with van der Waals surface area (Å²) in [7, 11) is 0. The molecule has 0 N–H and O–H groups in total. The largest absolute Gasteiger partial charge is 0.466 e. The van der Waals surface area contributed by atoms with Crippen molar-refractivity contribution < 1.29 is 18.7 Å². The third-order valence-electron chi connectivity index (χ3n) is 4.21. The molecule has 3 rings (SSSR count). The lowest BCUT2D eigenvalue weighted by Gasteiger charge is -2.31. The summed E-state index contributed by atoms with van der Waals surface area (Å²) in [5, 5.41) is 11.8. The highest BCUT2D eigenvalue weighted by Gasteiger charge is 2.29. The van der Waals surface area contributed by atoms with Gasteiger partial charge in [-0.15, -0.1) is 5.10 Å². The molecule has 1 aromatic carbocycles. The number of thioether (sulfide) groups is 1. The minimum atomic E-state index is -0.395. The standard InChI is InChI=1S/C17H20FN5O3S/c1-2-26-16(25)12-5-4-8-22(10-12)15(24)11-27-17-19-20-21-23(17)14-7-3-6-13(18)9-14/h3,6-7,9,12H,2,4-5,8,10-11H2,1H3/t12-/m0/s1. The first-order valence-corrected chi connectivity index (χ1v) is 9.68. The summed E-state index contributed by atoms with van der Waals surface area (Å²) in [6, 6.07) is 5.90. The fourth-order valence-electron chi connectivity index (χ4n) is 2.91. The minimum absolute atomic E-state index is 0.0946. The maximum absolute atomic E-state index is 13.4. The Morgan fingerprint density at radius 2 is 2.26 bits per heavy atom. The van der Waals surface area contributed by atoms with Gasteiger partial charge in [-0.05, 0) is 48.4 Å². The first-order valence-electron chi connectivity index (χ1n) is 8.70. The monoisotopic (exact) mass is 393 g/mol. The van der Waals surface area contributed by atoms with E-state index in [1.165, 1.54) is 28.6 Å². The number of carbonyl (C=O) groups excluding carboxylic acids is 2. The normalized spacial score (nSPS) is 17.0. The van der Waals surface area contributed by atoms with E-state index < -0.39 is 5.82 Å². The number of carbonyl (C=O) groups is 2. The van der Waals surface area contributed by atoms with Crippen molar-refractivity contribution in [3.05, 3.63) is 30.1 Å². The molecule has 0 spiro atoms. The number of ether oxygens (including phenoxy) is 1. The predicted molar refractivity (Wildman–Crippen MR) is 95.8 cm³/mol. The molecule has 1 saturated heterocycles. The number of halogens is 1. The topological polar surface area (TPSA) is 90.2 Å². The molecular formula is C17H20FN5O3S. The zero-order valence-electron chi connectivity index (χ0n) is 14.9. The van der Waals surface area contributed by atoms with Gasteiger partial charge >= 0.3 is 5.97 Å². The van der Waals surface area contributed by atoms with E-state index in [-0.39, 0.29) is 23.5 Å². The molecule has 10 heteroatoms. The maximum atomic E-state index is 13.4. The lowest BCUT2D eigenvalue weighted by molar-refractivity contribution is -0.151. The van der Waals surface area contributed by atoms with Crippen LogP contribution in [0.3, 0.4) is 0 Å². The van der Waals surface area contributed by atoms with E-state index in [1.807, 2.05) is 0 Å². The van der Waals surface area contributed by atoms with Gasteiger partial charge in [0.2, 0.25) is 11.1 Å². The lowest BCUT2D eigenvalue weighted by Crippen LogP contribution is -2.43. The Hall–Kier alpha value is -2.49. The smallest absolute Gasteiger partial charge is 0.310 e. The number of piperidine rings is 1. The third kappa shape index (κ3) is 4.82. The summed E-state index contributed by atoms with van der Waals surface area (Å²) in [5.41, 5.74) is 0.482. The van der Waals surface area contributed by atoms with Gasteiger partial charge in [-0.1, -0.05) is 17.8 Å². The van der Waals surface area contributed by atoms with Crippen molar-refractivity contribution in [3.8, 4) is 5.69 Å². The highest BCUT2D eigenvalue weighted by molar-refractivity contribution is 7.99. The second-order valence-electron chi connectivity index (χ2n) is 6.07. The molecule has 1 atom stereocenters. The minimum Gasteiger partial charge on any atom is -0.466 e. The van der Waals surface area contributed by atoms with Crippen molar-refractivity contribution in [3.63, 3.8) is 0 Å². The molecule has 1 fully saturated rings. The summed E-state index contributed by atoms with van der Waals surface area (Å²) in [5.74, 6) is -0.885. The van der Waals surface area contributed by atoms with Crippen molar-refractivity contribution >= 4 is 23.6 Å². The molecule has 2 heterocycles. The molecule has 1 amide bonds. The fourth-order valence-corrected chi connectivity index (χ4v) is 3.71. The third-order valence-corrected chi connectivity index (χ3v) is 5.12. The highest BCUT2D eigenvalue weighted by Crippen LogP contribution is 2.22. The summed E-state index contributed by atoms with van der Waals surface area (Å²) in [6.45, 7) is 3.09. The predicted octanol–water partition coefficient (Wildman–Crippen LogP) is 1.70. The molecule has 0 aliphatic carbocycles. The van der Waals surface area contributed by atoms with Crippen molar-refractivity contribution in [1.29, 1.82) is 0 Å². The number of likely N-dealkylation sites (tertiary alicyclic amines) is 1. The number of aromatic nitrogens is 4. The molecular weight excluding hydrogens is 373 g/mol. The molecule has 1 aliphatic heterocycles. The molecule has 8 nitrogen and oxygen atoms in total. The average molecular weight is 393 g/mol. The number of tetrazole rings is 1. The zero-order chi connectivity index (χ0) is 19.2. The van der Waals surface area contributed by atoms with Crippen LogP contribution in [-0.2, 0) is 14.3 Å². The summed E-state index contributed by atoms with van der Waals surface area (Å²) >= 11 is 1.17. The molecule has 1 aromatic heterocycles. The molecule has 0 bridgehead atoms. The van der Waals surface area contributed by atoms with E-state index in [1.54, 1.807) is 24.0 Å². The molecule has 0 radical (unpaired) electrons. The fraction of sp³-hybridized carbons (Fsp3) is 0.471. The Kier molecular flexibility index (Phi) is 6.38. The van der Waals surface area contributed by atoms with E-state index in [0.29, 0.717) is 30.5 Å². The van der Waals surface area contributed by atoms with Gasteiger partial charge in [0.1, 0.15) is 5.82 Å². The van der Waals surface area contributed by atoms with Crippen LogP contribution >= 0.6 is 11.8 Å². The van der Waals surface area contributed by atoms with Crippen LogP contribution in [0.4, 0.5) is 4.39 Å². The van der Waals surface area contributed by atoms with Crippen LogP contribution in [0.2, 0.25) is 0 Å². The van der Waals surface area contributed by atoms with E-state index >= 15 is 0 Å². The van der Waals surface area contributed by atoms with Crippen molar-refractivity contribution in [2.75, 3.05) is 25.4 Å². The number of rotatable bonds is 6. The first kappa shape index (κ1) is 19.3. The second kappa shape index (κ2) is 8.94. The number of nitrogens with zero attached hydrogens (tertiary/aromatic N) is 5. The van der Waals surface area contributed by atoms with E-state index in [9.17, 15) is 14.0 Å². The maximum Gasteiger partial charge on any atom is 0.310 e. The molecule has 2 aromatic rings. The molecule has 0 saturated carbocycles. The van der Waals surface area contributed by atoms with Gasteiger partial charge in [0.05, 0.1) is 24.0 Å². The quantitative estimate of drug-likeness (QED) is 0.545. The highest BCUT2D eigenvalue weighted by atomic mass is 32.2. The zero-order valence-corrected chi connectivity index (χ0v) is 15.7. The van der Waals surface area contributed by atoms with Crippen LogP contribution < -0.4 is 0 Å². The molecule has 1 aliphatic rings. The van der Waals surface area contributed by atoms with Crippen molar-refractivity contribution in [2.24, 2.45) is 5.92 Å². The Labute approximate surface area is 160 Å². The Balaban J connectivity index is 1.60. The van der Waals surface area contributed by atoms with Crippen LogP contribution in [0.5, 0.6) is 0 Å². The molecule has 27 heavy (non-hydrogen) atoms. The molecule has 0 unspecified atom stereocenters. The number of hydrogen-bond acceptors (Lipinski definition) is 7. The van der Waals surface area contributed by atoms with Gasteiger partial charge in [0.15, 0.2) is 0 Å². The van der Waals surface area contributed by atoms with Crippen LogP contribution in [-0.4, -0.2) is 62.4 Å². The summed E-state index contributed by atoms with van der Waals surface area (Å²) in [6.07, 6.45) is 1.49. The SMILES string of the molecule is CCOC(=O)[C@H]1CCCN(C(=O)CSc2nnnn2-c2cccc(F)c2)C1. The van der Waals surface area contributed by atoms with Gasteiger partial charge in [-0.25, -0.2) is 4.39 Å². The summed E-state index contributed by atoms with van der Waals surface area (Å²) in [4.78, 5) is 26.1. The van der Waals surface area contributed by atoms with E-state index in [2.05, 4.69) is 15.5 Å². The van der Waals surface area contributed by atoms with Gasteiger partial charge in [0, 0.05) is 13.1 Å². The number of amides is 1. The van der Waals surface area contributed by atoms with Crippen LogP contribution in [0.1, 0.15) is 19.8 Å². The van der Waals surface area contributed by atoms with Crippen LogP contribution in [0.15, 0.2) is 29.4 Å². The number of benzene rings is 1. The lowest BCUT2D eigenvalue weighted by atomic mass is 9.98. The second-order valence-corrected chi connectivity index (χ2v) is 7.02. The Morgan fingerprint density at radius 3 is 3.04 bits per heavy atom. The van der Waals surface area contributed by atoms with Crippen molar-refractivity contribution in [2.45, 2.75) is 24.9 Å². The van der Waals surface area contributed by atoms with Gasteiger partial charge in [-0.2, -0.15) is 4.68 Å². The van der Waals surface area contributed by atoms with Gasteiger partial charge in [-0.3, -0.25) is 9.59 Å². The van der Waals surface area contributed by atoms with Gasteiger partial charge < -0.3 is 9.64 Å². The Morgan fingerprint density at radius 1 is 1.41 bits per heavy atom. The summed E-state index contributed by atoms with van der Waals surface area (Å²) < 4.78 is 19.9. The van der Waals surface area contributed by atoms with Crippen LogP contribution in [0.25, 0.3) is 5.69 Å². The van der Waals surface area contributed by atoms with Crippen molar-refractivity contribution in [1.82, 2.24) is 25.1 Å². The average Bonchev–Trinajstić information content (AvgIpc) is 3.15. The van der Waals surface area contributed by atoms with Crippen LogP contribution in [0, 0.1) is 11.7 Å². The van der Waals surface area contributed by atoms with E-state index in [4.69, 9.17) is 4.74 Å². The van der Waals surface area contributed by atoms with Gasteiger partial charge in [0.25, 0.3) is 0 Å². The van der Waals surface area contributed by atoms with E-state index in [0.717, 1.165) is 12.8 Å². The Bertz CT molecular complexity index is 815. The first-order chi connectivity index (χ1) is 13.1. The number of esters is 1.